The Kier molecular flexibility index (Phi) is 4.00. The van der Waals surface area contributed by atoms with Crippen molar-refractivity contribution in [2.45, 2.75) is 46.1 Å². The fraction of sp³-hybridized carbons (Fsp3) is 0.412. The Morgan fingerprint density at radius 1 is 0.947 bits per heavy atom. The summed E-state index contributed by atoms with van der Waals surface area (Å²) in [6, 6.07) is 12.8. The van der Waals surface area contributed by atoms with Crippen molar-refractivity contribution in [1.29, 1.82) is 0 Å². The third-order valence-electron chi connectivity index (χ3n) is 2.86. The van der Waals surface area contributed by atoms with Crippen molar-refractivity contribution in [1.82, 2.24) is 0 Å². The number of rotatable bonds is 3. The molecule has 0 atom stereocenters. The van der Waals surface area contributed by atoms with Gasteiger partial charge in [-0.2, -0.15) is 0 Å². The van der Waals surface area contributed by atoms with Crippen molar-refractivity contribution >= 4 is 11.3 Å². The smallest absolute Gasteiger partial charge is 0.119 e. The van der Waals surface area contributed by atoms with Gasteiger partial charge in [0.1, 0.15) is 5.75 Å². The van der Waals surface area contributed by atoms with Crippen molar-refractivity contribution in [3.8, 4) is 16.2 Å². The minimum absolute atomic E-state index is 0.222. The first-order valence-corrected chi connectivity index (χ1v) is 7.55. The molecule has 102 valence electrons. The molecule has 0 unspecified atom stereocenters. The highest BCUT2D eigenvalue weighted by molar-refractivity contribution is 7.15. The Morgan fingerprint density at radius 3 is 2.05 bits per heavy atom. The lowest BCUT2D eigenvalue weighted by molar-refractivity contribution is 0.242. The summed E-state index contributed by atoms with van der Waals surface area (Å²) >= 11 is 1.87. The summed E-state index contributed by atoms with van der Waals surface area (Å²) in [7, 11) is 0. The van der Waals surface area contributed by atoms with E-state index in [-0.39, 0.29) is 11.5 Å². The second kappa shape index (κ2) is 5.38. The van der Waals surface area contributed by atoms with Gasteiger partial charge in [0.25, 0.3) is 0 Å². The third kappa shape index (κ3) is 3.60. The molecule has 1 heterocycles. The highest BCUT2D eigenvalue weighted by atomic mass is 32.1. The summed E-state index contributed by atoms with van der Waals surface area (Å²) in [5, 5.41) is 0. The topological polar surface area (TPSA) is 9.23 Å². The average Bonchev–Trinajstić information content (AvgIpc) is 2.78. The lowest BCUT2D eigenvalue weighted by Gasteiger charge is -2.15. The van der Waals surface area contributed by atoms with E-state index in [9.17, 15) is 0 Å². The van der Waals surface area contributed by atoms with Gasteiger partial charge in [0.2, 0.25) is 0 Å². The summed E-state index contributed by atoms with van der Waals surface area (Å²) in [5.41, 5.74) is 1.49. The monoisotopic (exact) mass is 274 g/mol. The molecule has 2 aromatic rings. The van der Waals surface area contributed by atoms with Gasteiger partial charge in [0, 0.05) is 9.75 Å². The molecule has 0 saturated heterocycles. The van der Waals surface area contributed by atoms with Crippen molar-refractivity contribution < 1.29 is 4.74 Å². The van der Waals surface area contributed by atoms with E-state index in [1.165, 1.54) is 15.3 Å². The molecular formula is C17H22OS. The Labute approximate surface area is 120 Å². The molecule has 0 spiro atoms. The van der Waals surface area contributed by atoms with Crippen LogP contribution in [0.5, 0.6) is 5.75 Å². The zero-order chi connectivity index (χ0) is 14.0. The van der Waals surface area contributed by atoms with Crippen LogP contribution in [0.25, 0.3) is 10.4 Å². The Morgan fingerprint density at radius 2 is 1.58 bits per heavy atom. The number of hydrogen-bond acceptors (Lipinski definition) is 2. The van der Waals surface area contributed by atoms with E-state index in [4.69, 9.17) is 4.74 Å². The molecule has 1 nitrogen and oxygen atoms in total. The van der Waals surface area contributed by atoms with Crippen LogP contribution in [0.2, 0.25) is 0 Å². The Balaban J connectivity index is 2.20. The van der Waals surface area contributed by atoms with E-state index in [0.717, 1.165) is 5.75 Å². The fourth-order valence-electron chi connectivity index (χ4n) is 1.87. The molecule has 0 radical (unpaired) electrons. The number of thiophene rings is 1. The second-order valence-corrected chi connectivity index (χ2v) is 7.19. The molecule has 1 aromatic carbocycles. The zero-order valence-electron chi connectivity index (χ0n) is 12.4. The van der Waals surface area contributed by atoms with Crippen LogP contribution in [0.15, 0.2) is 36.4 Å². The van der Waals surface area contributed by atoms with Gasteiger partial charge in [-0.25, -0.2) is 0 Å². The molecule has 0 aliphatic rings. The minimum atomic E-state index is 0.222. The highest BCUT2D eigenvalue weighted by Crippen LogP contribution is 2.35. The lowest BCUT2D eigenvalue weighted by Crippen LogP contribution is -2.07. The predicted octanol–water partition coefficient (Wildman–Crippen LogP) is 5.50. The van der Waals surface area contributed by atoms with E-state index < -0.39 is 0 Å². The van der Waals surface area contributed by atoms with E-state index in [2.05, 4.69) is 45.0 Å². The molecular weight excluding hydrogens is 252 g/mol. The first kappa shape index (κ1) is 14.1. The molecule has 0 amide bonds. The average molecular weight is 274 g/mol. The largest absolute Gasteiger partial charge is 0.491 e. The second-order valence-electron chi connectivity index (χ2n) is 6.10. The van der Waals surface area contributed by atoms with E-state index >= 15 is 0 Å². The maximum atomic E-state index is 5.67. The van der Waals surface area contributed by atoms with Crippen LogP contribution in [0.3, 0.4) is 0 Å². The Bertz CT molecular complexity index is 529. The van der Waals surface area contributed by atoms with Crippen LogP contribution in [-0.2, 0) is 5.41 Å². The van der Waals surface area contributed by atoms with Gasteiger partial charge in [-0.05, 0) is 61.2 Å². The number of ether oxygens (including phenoxy) is 1. The normalized spacial score (nSPS) is 11.9. The maximum absolute atomic E-state index is 5.67. The van der Waals surface area contributed by atoms with E-state index in [1.807, 2.05) is 37.3 Å². The van der Waals surface area contributed by atoms with Crippen molar-refractivity contribution in [2.75, 3.05) is 0 Å². The maximum Gasteiger partial charge on any atom is 0.119 e. The van der Waals surface area contributed by atoms with Gasteiger partial charge in [-0.3, -0.25) is 0 Å². The third-order valence-corrected chi connectivity index (χ3v) is 4.42. The van der Waals surface area contributed by atoms with Crippen LogP contribution >= 0.6 is 11.3 Å². The lowest BCUT2D eigenvalue weighted by atomic mass is 9.95. The van der Waals surface area contributed by atoms with Crippen LogP contribution < -0.4 is 4.74 Å². The van der Waals surface area contributed by atoms with Crippen LogP contribution in [0, 0.1) is 0 Å². The molecule has 19 heavy (non-hydrogen) atoms. The van der Waals surface area contributed by atoms with E-state index in [0.29, 0.717) is 0 Å². The van der Waals surface area contributed by atoms with Crippen molar-refractivity contribution in [3.63, 3.8) is 0 Å². The van der Waals surface area contributed by atoms with Gasteiger partial charge >= 0.3 is 0 Å². The first-order chi connectivity index (χ1) is 8.86. The van der Waals surface area contributed by atoms with Gasteiger partial charge < -0.3 is 4.74 Å². The molecule has 0 aliphatic carbocycles. The SMILES string of the molecule is CC(C)Oc1ccc(-c2ccc(C(C)(C)C)s2)cc1. The zero-order valence-corrected chi connectivity index (χ0v) is 13.2. The van der Waals surface area contributed by atoms with Gasteiger partial charge in [-0.15, -0.1) is 11.3 Å². The number of hydrogen-bond donors (Lipinski definition) is 0. The van der Waals surface area contributed by atoms with Gasteiger partial charge in [0.05, 0.1) is 6.10 Å². The van der Waals surface area contributed by atoms with Crippen LogP contribution in [0.1, 0.15) is 39.5 Å². The standard InChI is InChI=1S/C17H22OS/c1-12(2)18-14-8-6-13(7-9-14)15-10-11-16(19-15)17(3,4)5/h6-12H,1-5H3. The van der Waals surface area contributed by atoms with Crippen molar-refractivity contribution in [3.05, 3.63) is 41.3 Å². The summed E-state index contributed by atoms with van der Waals surface area (Å²) in [6.45, 7) is 10.8. The molecule has 1 aromatic heterocycles. The molecule has 0 fully saturated rings. The summed E-state index contributed by atoms with van der Waals surface area (Å²) in [6.07, 6.45) is 0.222. The summed E-state index contributed by atoms with van der Waals surface area (Å²) < 4.78 is 5.67. The fourth-order valence-corrected chi connectivity index (χ4v) is 2.94. The molecule has 0 bridgehead atoms. The predicted molar refractivity (Wildman–Crippen MR) is 84.2 cm³/mol. The van der Waals surface area contributed by atoms with Crippen molar-refractivity contribution in [2.24, 2.45) is 0 Å². The van der Waals surface area contributed by atoms with Gasteiger partial charge in [-0.1, -0.05) is 20.8 Å². The quantitative estimate of drug-likeness (QED) is 0.718. The molecule has 0 aliphatic heterocycles. The molecule has 2 heteroatoms. The molecule has 0 saturated carbocycles. The first-order valence-electron chi connectivity index (χ1n) is 6.73. The minimum Gasteiger partial charge on any atom is -0.491 e. The molecule has 2 rings (SSSR count). The van der Waals surface area contributed by atoms with Crippen LogP contribution in [-0.4, -0.2) is 6.10 Å². The Hall–Kier alpha value is -1.28. The van der Waals surface area contributed by atoms with Gasteiger partial charge in [0.15, 0.2) is 0 Å². The summed E-state index contributed by atoms with van der Waals surface area (Å²) in [4.78, 5) is 2.74. The molecule has 0 N–H and O–H groups in total. The number of benzene rings is 1. The van der Waals surface area contributed by atoms with E-state index in [1.54, 1.807) is 0 Å². The highest BCUT2D eigenvalue weighted by Gasteiger charge is 2.16. The summed E-state index contributed by atoms with van der Waals surface area (Å²) in [5.74, 6) is 0.936. The van der Waals surface area contributed by atoms with Crippen LogP contribution in [0.4, 0.5) is 0 Å².